The number of rotatable bonds is 6. The first kappa shape index (κ1) is 18.5. The van der Waals surface area contributed by atoms with Gasteiger partial charge in [0.15, 0.2) is 5.69 Å². The third-order valence-electron chi connectivity index (χ3n) is 4.50. The topological polar surface area (TPSA) is 79.7 Å². The number of amides is 1. The van der Waals surface area contributed by atoms with Gasteiger partial charge in [-0.3, -0.25) is 9.89 Å². The molecule has 0 saturated heterocycles. The molecule has 0 fully saturated rings. The molecule has 0 spiro atoms. The minimum Gasteiger partial charge on any atom is -0.334 e. The fraction of sp³-hybridized carbons (Fsp3) is 0.143. The summed E-state index contributed by atoms with van der Waals surface area (Å²) in [5, 5.41) is 15.1. The number of aromatic amines is 1. The van der Waals surface area contributed by atoms with Gasteiger partial charge in [0.25, 0.3) is 5.91 Å². The van der Waals surface area contributed by atoms with E-state index in [1.54, 1.807) is 25.2 Å². The van der Waals surface area contributed by atoms with Gasteiger partial charge in [-0.1, -0.05) is 53.7 Å². The second-order valence-corrected chi connectivity index (χ2v) is 6.70. The molecular weight excluding hydrogens is 371 g/mol. The lowest BCUT2D eigenvalue weighted by Gasteiger charge is -2.13. The highest BCUT2D eigenvalue weighted by molar-refractivity contribution is 5.91. The Balaban J connectivity index is 1.42. The van der Waals surface area contributed by atoms with Crippen LogP contribution < -0.4 is 0 Å². The third kappa shape index (κ3) is 4.21. The molecule has 1 amide bonds. The highest BCUT2D eigenvalue weighted by Crippen LogP contribution is 2.18. The fourth-order valence-corrected chi connectivity index (χ4v) is 3.00. The van der Waals surface area contributed by atoms with Gasteiger partial charge in [0, 0.05) is 18.2 Å². The summed E-state index contributed by atoms with van der Waals surface area (Å²) in [7, 11) is 1.68. The van der Waals surface area contributed by atoms with E-state index in [1.807, 2.05) is 36.4 Å². The third-order valence-corrected chi connectivity index (χ3v) is 4.50. The number of benzene rings is 2. The molecular formula is C21H19FN6O. The summed E-state index contributed by atoms with van der Waals surface area (Å²) in [5.74, 6) is -0.595. The van der Waals surface area contributed by atoms with Gasteiger partial charge >= 0.3 is 0 Å². The highest BCUT2D eigenvalue weighted by atomic mass is 19.1. The molecule has 0 saturated carbocycles. The van der Waals surface area contributed by atoms with E-state index in [0.29, 0.717) is 12.1 Å². The smallest absolute Gasteiger partial charge is 0.276 e. The van der Waals surface area contributed by atoms with Crippen LogP contribution in [0.4, 0.5) is 4.39 Å². The van der Waals surface area contributed by atoms with Crippen LogP contribution in [0.1, 0.15) is 21.7 Å². The Morgan fingerprint density at radius 2 is 1.90 bits per heavy atom. The van der Waals surface area contributed by atoms with Gasteiger partial charge in [-0.25, -0.2) is 9.07 Å². The number of hydrogen-bond donors (Lipinski definition) is 1. The summed E-state index contributed by atoms with van der Waals surface area (Å²) in [6, 6.07) is 18.1. The molecule has 2 heterocycles. The lowest BCUT2D eigenvalue weighted by Crippen LogP contribution is -2.26. The summed E-state index contributed by atoms with van der Waals surface area (Å²) >= 11 is 0. The maximum atomic E-state index is 13.8. The molecule has 2 aromatic carbocycles. The van der Waals surface area contributed by atoms with Crippen molar-refractivity contribution in [2.45, 2.75) is 13.1 Å². The van der Waals surface area contributed by atoms with Gasteiger partial charge < -0.3 is 4.90 Å². The zero-order valence-electron chi connectivity index (χ0n) is 15.8. The molecule has 8 heteroatoms. The average Bonchev–Trinajstić information content (AvgIpc) is 3.40. The van der Waals surface area contributed by atoms with Gasteiger partial charge in [-0.2, -0.15) is 5.10 Å². The van der Waals surface area contributed by atoms with Crippen molar-refractivity contribution >= 4 is 5.91 Å². The first-order valence-corrected chi connectivity index (χ1v) is 9.09. The molecule has 0 atom stereocenters. The normalized spacial score (nSPS) is 10.8. The molecule has 0 aliphatic heterocycles. The van der Waals surface area contributed by atoms with E-state index in [2.05, 4.69) is 20.5 Å². The Hall–Kier alpha value is -3.81. The van der Waals surface area contributed by atoms with E-state index < -0.39 is 0 Å². The largest absolute Gasteiger partial charge is 0.334 e. The van der Waals surface area contributed by atoms with Crippen LogP contribution >= 0.6 is 0 Å². The quantitative estimate of drug-likeness (QED) is 0.549. The van der Waals surface area contributed by atoms with Gasteiger partial charge in [0.1, 0.15) is 5.82 Å². The van der Waals surface area contributed by atoms with Gasteiger partial charge in [-0.05, 0) is 12.1 Å². The van der Waals surface area contributed by atoms with E-state index in [-0.39, 0.29) is 24.0 Å². The van der Waals surface area contributed by atoms with Crippen molar-refractivity contribution in [3.8, 4) is 11.3 Å². The fourth-order valence-electron chi connectivity index (χ4n) is 3.00. The van der Waals surface area contributed by atoms with Crippen molar-refractivity contribution in [1.82, 2.24) is 30.1 Å². The zero-order chi connectivity index (χ0) is 20.2. The molecule has 0 unspecified atom stereocenters. The van der Waals surface area contributed by atoms with Crippen LogP contribution in [0, 0.1) is 5.82 Å². The summed E-state index contributed by atoms with van der Waals surface area (Å²) in [6.45, 7) is 0.552. The van der Waals surface area contributed by atoms with Crippen LogP contribution in [0.2, 0.25) is 0 Å². The van der Waals surface area contributed by atoms with Crippen LogP contribution in [0.25, 0.3) is 11.3 Å². The summed E-state index contributed by atoms with van der Waals surface area (Å²) in [5.41, 5.74) is 3.30. The van der Waals surface area contributed by atoms with E-state index in [4.69, 9.17) is 0 Å². The van der Waals surface area contributed by atoms with Crippen molar-refractivity contribution in [1.29, 1.82) is 0 Å². The molecule has 2 aromatic heterocycles. The Labute approximate surface area is 166 Å². The first-order chi connectivity index (χ1) is 14.1. The van der Waals surface area contributed by atoms with E-state index >= 15 is 0 Å². The molecule has 0 aliphatic rings. The summed E-state index contributed by atoms with van der Waals surface area (Å²) < 4.78 is 15.2. The number of nitrogens with zero attached hydrogens (tertiary/aromatic N) is 5. The van der Waals surface area contributed by atoms with E-state index in [0.717, 1.165) is 17.0 Å². The minimum atomic E-state index is -0.318. The van der Waals surface area contributed by atoms with Gasteiger partial charge in [-0.15, -0.1) is 5.10 Å². The van der Waals surface area contributed by atoms with Crippen molar-refractivity contribution in [2.24, 2.45) is 0 Å². The highest BCUT2D eigenvalue weighted by Gasteiger charge is 2.17. The molecule has 146 valence electrons. The van der Waals surface area contributed by atoms with Crippen LogP contribution in [-0.4, -0.2) is 43.0 Å². The maximum absolute atomic E-state index is 13.8. The number of H-pyrrole nitrogens is 1. The SMILES string of the molecule is CN(Cc1cc(-c2ccccc2)n[nH]1)C(=O)c1cn(Cc2ccccc2F)nn1. The van der Waals surface area contributed by atoms with Crippen molar-refractivity contribution in [3.63, 3.8) is 0 Å². The van der Waals surface area contributed by atoms with Crippen molar-refractivity contribution in [3.05, 3.63) is 89.6 Å². The number of halogens is 1. The van der Waals surface area contributed by atoms with Crippen LogP contribution in [-0.2, 0) is 13.1 Å². The Morgan fingerprint density at radius 1 is 1.14 bits per heavy atom. The number of carbonyl (C=O) groups excluding carboxylic acids is 1. The molecule has 0 radical (unpaired) electrons. The Kier molecular flexibility index (Phi) is 5.15. The average molecular weight is 390 g/mol. The Morgan fingerprint density at radius 3 is 2.69 bits per heavy atom. The molecule has 4 rings (SSSR count). The molecule has 4 aromatic rings. The number of carbonyl (C=O) groups is 1. The van der Waals surface area contributed by atoms with Crippen molar-refractivity contribution in [2.75, 3.05) is 7.05 Å². The lowest BCUT2D eigenvalue weighted by atomic mass is 10.1. The first-order valence-electron chi connectivity index (χ1n) is 9.09. The maximum Gasteiger partial charge on any atom is 0.276 e. The van der Waals surface area contributed by atoms with Crippen molar-refractivity contribution < 1.29 is 9.18 Å². The molecule has 7 nitrogen and oxygen atoms in total. The Bertz CT molecular complexity index is 1120. The van der Waals surface area contributed by atoms with Crippen LogP contribution in [0.5, 0.6) is 0 Å². The second-order valence-electron chi connectivity index (χ2n) is 6.70. The van der Waals surface area contributed by atoms with Gasteiger partial charge in [0.2, 0.25) is 0 Å². The van der Waals surface area contributed by atoms with Crippen LogP contribution in [0.15, 0.2) is 66.9 Å². The molecule has 0 aliphatic carbocycles. The second kappa shape index (κ2) is 8.05. The molecule has 0 bridgehead atoms. The summed E-state index contributed by atoms with van der Waals surface area (Å²) in [4.78, 5) is 14.2. The van der Waals surface area contributed by atoms with E-state index in [1.165, 1.54) is 21.8 Å². The number of nitrogens with one attached hydrogen (secondary N) is 1. The predicted octanol–water partition coefficient (Wildman–Crippen LogP) is 3.13. The summed E-state index contributed by atoms with van der Waals surface area (Å²) in [6.07, 6.45) is 1.52. The standard InChI is InChI=1S/C21H19FN6O/c1-27(13-17-11-19(24-23-17)15-7-3-2-4-8-15)21(29)20-14-28(26-25-20)12-16-9-5-6-10-18(16)22/h2-11,14H,12-13H2,1H3,(H,23,24). The number of hydrogen-bond acceptors (Lipinski definition) is 4. The molecule has 29 heavy (non-hydrogen) atoms. The minimum absolute atomic E-state index is 0.201. The van der Waals surface area contributed by atoms with Gasteiger partial charge in [0.05, 0.1) is 30.7 Å². The molecule has 1 N–H and O–H groups in total. The monoisotopic (exact) mass is 390 g/mol. The zero-order valence-corrected chi connectivity index (χ0v) is 15.8. The van der Waals surface area contributed by atoms with E-state index in [9.17, 15) is 9.18 Å². The predicted molar refractivity (Wildman–Crippen MR) is 105 cm³/mol. The van der Waals surface area contributed by atoms with Crippen LogP contribution in [0.3, 0.4) is 0 Å². The lowest BCUT2D eigenvalue weighted by molar-refractivity contribution is 0.0777. The number of aromatic nitrogens is 5.